The number of amides is 2. The first kappa shape index (κ1) is 54.3. The number of hydrogen-bond acceptors (Lipinski definition) is 24. The summed E-state index contributed by atoms with van der Waals surface area (Å²) in [7, 11) is 0. The molecule has 4 aliphatic heterocycles. The molecule has 4 aliphatic rings. The highest BCUT2D eigenvalue weighted by Gasteiger charge is 2.67. The minimum atomic E-state index is -2.63. The van der Waals surface area contributed by atoms with Gasteiger partial charge in [-0.3, -0.25) is 9.59 Å². The van der Waals surface area contributed by atoms with E-state index in [2.05, 4.69) is 10.6 Å². The molecule has 70 heavy (non-hydrogen) atoms. The minimum absolute atomic E-state index is 0.151. The van der Waals surface area contributed by atoms with Gasteiger partial charge < -0.3 is 111 Å². The third kappa shape index (κ3) is 10.1. The topological polar surface area (TPSA) is 419 Å². The van der Waals surface area contributed by atoms with E-state index in [1.54, 1.807) is 0 Å². The smallest absolute Gasteiger partial charge is 0.255 e. The first-order valence-electron chi connectivity index (χ1n) is 21.7. The zero-order chi connectivity index (χ0) is 51.1. The highest BCUT2D eigenvalue weighted by Crippen LogP contribution is 2.49. The number of aliphatic hydroxyl groups is 16. The van der Waals surface area contributed by atoms with E-state index < -0.39 is 158 Å². The predicted octanol–water partition coefficient (Wildman–Crippen LogP) is -5.60. The van der Waals surface area contributed by atoms with Crippen LogP contribution in [0.4, 0.5) is 11.4 Å². The van der Waals surface area contributed by atoms with E-state index in [-0.39, 0.29) is 32.3 Å². The van der Waals surface area contributed by atoms with Crippen molar-refractivity contribution in [1.29, 1.82) is 0 Å². The van der Waals surface area contributed by atoms with Gasteiger partial charge in [0.25, 0.3) is 11.8 Å². The van der Waals surface area contributed by atoms with E-state index in [0.717, 1.165) is 0 Å². The van der Waals surface area contributed by atoms with Crippen molar-refractivity contribution >= 4 is 46.7 Å². The summed E-state index contributed by atoms with van der Waals surface area (Å²) in [5, 5.41) is 177. The lowest BCUT2D eigenvalue weighted by Gasteiger charge is -2.55. The van der Waals surface area contributed by atoms with Crippen LogP contribution >= 0.6 is 23.5 Å². The molecule has 0 unspecified atom stereocenters. The fourth-order valence-electron chi connectivity index (χ4n) is 8.82. The van der Waals surface area contributed by atoms with Crippen molar-refractivity contribution in [1.82, 2.24) is 0 Å². The first-order chi connectivity index (χ1) is 33.1. The Morgan fingerprint density at radius 3 is 1.11 bits per heavy atom. The third-order valence-electron chi connectivity index (χ3n) is 13.0. The second-order valence-corrected chi connectivity index (χ2v) is 20.2. The molecule has 0 saturated carbocycles. The molecule has 7 rings (SSSR count). The van der Waals surface area contributed by atoms with E-state index in [1.807, 2.05) is 0 Å². The lowest BCUT2D eigenvalue weighted by molar-refractivity contribution is -0.328. The molecule has 0 bridgehead atoms. The van der Waals surface area contributed by atoms with Crippen LogP contribution in [-0.2, 0) is 18.9 Å². The number of thioether (sulfide) groups is 2. The maximum atomic E-state index is 13.2. The molecule has 386 valence electrons. The number of benzene rings is 3. The van der Waals surface area contributed by atoms with Crippen LogP contribution in [0.2, 0.25) is 0 Å². The second-order valence-electron chi connectivity index (χ2n) is 17.5. The number of nitrogens with one attached hydrogen (secondary N) is 2. The standard InChI is InChI=1S/C44H56N2O22S2/c47-13-25-29(51)31(53)33(55)35(67-25)41(61)17-65-27(15-49)43(63,39(41)59)69-23-9-5-21(6-10-23)45-37(57)19-1-2-20(4-3-19)38(58)46-22-7-11-24(12-8-22)70-44(64)28(16-50)66-18-42(62,40(44)60)36-34(56)32(54)30(52)26(14-48)68-36/h1-12,25-36,39-40,47-56,59-64H,13-18H2,(H,45,57)(H,46,58)/t25-,26-,27-,28-,29-,30-,31+,32+,33-,34-,35-,36-,39-,40-,41-,42-,43-,44-/m1/s1. The molecule has 0 radical (unpaired) electrons. The SMILES string of the molecule is O=C(Nc1ccc(S[C@@]2(O)[C@H](O)[C@](O)([C@@H]3O[C@H](CO)[C@@H](O)[C@H](O)[C@H]3O)CO[C@@H]2CO)cc1)c1ccc(C(=O)Nc2ccc(S[C@@]3(O)[C@H](O)[C@](O)([C@@H]4O[C@H](CO)[C@@H](O)[C@H](O)[C@H]4O)CO[C@@H]3CO)cc2)cc1. The molecule has 4 saturated heterocycles. The number of anilines is 2. The summed E-state index contributed by atoms with van der Waals surface area (Å²) in [6, 6.07) is 17.1. The fourth-order valence-corrected chi connectivity index (χ4v) is 11.3. The number of carbonyl (C=O) groups excluding carboxylic acids is 2. The minimum Gasteiger partial charge on any atom is -0.394 e. The molecule has 4 heterocycles. The van der Waals surface area contributed by atoms with Gasteiger partial charge in [0.15, 0.2) is 9.87 Å². The summed E-state index contributed by atoms with van der Waals surface area (Å²) in [6.07, 6.45) is -25.4. The van der Waals surface area contributed by atoms with Crippen molar-refractivity contribution in [3.8, 4) is 0 Å². The van der Waals surface area contributed by atoms with Gasteiger partial charge in [-0.2, -0.15) is 0 Å². The van der Waals surface area contributed by atoms with Gasteiger partial charge in [-0.1, -0.05) is 23.5 Å². The van der Waals surface area contributed by atoms with Crippen molar-refractivity contribution in [2.75, 3.05) is 50.3 Å². The van der Waals surface area contributed by atoms with Gasteiger partial charge in [0.2, 0.25) is 0 Å². The van der Waals surface area contributed by atoms with Gasteiger partial charge in [-0.25, -0.2) is 0 Å². The zero-order valence-electron chi connectivity index (χ0n) is 36.7. The Morgan fingerprint density at radius 2 is 0.814 bits per heavy atom. The van der Waals surface area contributed by atoms with Crippen LogP contribution < -0.4 is 10.6 Å². The summed E-state index contributed by atoms with van der Waals surface area (Å²) >= 11 is 1.13. The fraction of sp³-hybridized carbons (Fsp3) is 0.545. The monoisotopic (exact) mass is 1030 g/mol. The highest BCUT2D eigenvalue weighted by molar-refractivity contribution is 8.00. The first-order valence-corrected chi connectivity index (χ1v) is 23.4. The van der Waals surface area contributed by atoms with Gasteiger partial charge in [0.1, 0.15) is 96.7 Å². The van der Waals surface area contributed by atoms with Gasteiger partial charge in [0, 0.05) is 32.3 Å². The zero-order valence-corrected chi connectivity index (χ0v) is 38.3. The molecule has 24 nitrogen and oxygen atoms in total. The van der Waals surface area contributed by atoms with Crippen LogP contribution in [0.5, 0.6) is 0 Å². The normalized spacial score (nSPS) is 40.1. The molecule has 0 spiro atoms. The Balaban J connectivity index is 0.952. The van der Waals surface area contributed by atoms with Crippen LogP contribution in [0.3, 0.4) is 0 Å². The molecule has 26 heteroatoms. The Bertz CT molecular complexity index is 2110. The molecule has 4 fully saturated rings. The Morgan fingerprint density at radius 1 is 0.486 bits per heavy atom. The molecule has 0 aromatic heterocycles. The molecule has 3 aromatic carbocycles. The summed E-state index contributed by atoms with van der Waals surface area (Å²) in [5.41, 5.74) is -4.41. The van der Waals surface area contributed by atoms with E-state index in [4.69, 9.17) is 18.9 Å². The van der Waals surface area contributed by atoms with Crippen molar-refractivity contribution < 1.29 is 110 Å². The lowest BCUT2D eigenvalue weighted by atomic mass is 9.77. The predicted molar refractivity (Wildman–Crippen MR) is 240 cm³/mol. The number of hydrogen-bond donors (Lipinski definition) is 18. The lowest BCUT2D eigenvalue weighted by Crippen LogP contribution is -2.76. The van der Waals surface area contributed by atoms with E-state index >= 15 is 0 Å². The molecular weight excluding hydrogens is 973 g/mol. The molecular formula is C44H56N2O22S2. The van der Waals surface area contributed by atoms with Gasteiger partial charge in [-0.15, -0.1) is 0 Å². The highest BCUT2D eigenvalue weighted by atomic mass is 32.2. The van der Waals surface area contributed by atoms with E-state index in [0.29, 0.717) is 23.5 Å². The van der Waals surface area contributed by atoms with E-state index in [9.17, 15) is 91.3 Å². The van der Waals surface area contributed by atoms with Crippen LogP contribution in [0.15, 0.2) is 82.6 Å². The summed E-state index contributed by atoms with van der Waals surface area (Å²) in [5.74, 6) is -1.16. The quantitative estimate of drug-likeness (QED) is 0.0670. The average molecular weight is 1030 g/mol. The number of aliphatic hydroxyl groups excluding tert-OH is 12. The number of carbonyl (C=O) groups is 2. The molecule has 18 atom stereocenters. The van der Waals surface area contributed by atoms with Crippen molar-refractivity contribution in [2.24, 2.45) is 0 Å². The Kier molecular flexibility index (Phi) is 16.7. The van der Waals surface area contributed by atoms with Crippen LogP contribution in [-0.4, -0.2) is 240 Å². The summed E-state index contributed by atoms with van der Waals surface area (Å²) in [6.45, 7) is -4.90. The number of ether oxygens (including phenoxy) is 4. The van der Waals surface area contributed by atoms with Crippen molar-refractivity contribution in [3.05, 3.63) is 83.9 Å². The maximum absolute atomic E-state index is 13.2. The van der Waals surface area contributed by atoms with E-state index in [1.165, 1.54) is 72.8 Å². The molecule has 0 aliphatic carbocycles. The van der Waals surface area contributed by atoms with Gasteiger partial charge >= 0.3 is 0 Å². The molecule has 3 aromatic rings. The van der Waals surface area contributed by atoms with Crippen LogP contribution in [0.25, 0.3) is 0 Å². The van der Waals surface area contributed by atoms with Crippen LogP contribution in [0.1, 0.15) is 20.7 Å². The second kappa shape index (κ2) is 21.5. The number of rotatable bonds is 14. The van der Waals surface area contributed by atoms with Crippen LogP contribution in [0, 0.1) is 0 Å². The van der Waals surface area contributed by atoms with Crippen molar-refractivity contribution in [3.63, 3.8) is 0 Å². The van der Waals surface area contributed by atoms with Gasteiger partial charge in [-0.05, 0) is 72.8 Å². The summed E-state index contributed by atoms with van der Waals surface area (Å²) < 4.78 is 22.0. The Labute approximate surface area is 406 Å². The molecule has 2 amide bonds. The molecule has 18 N–H and O–H groups in total. The Hall–Kier alpha value is -3.50. The van der Waals surface area contributed by atoms with Gasteiger partial charge in [0.05, 0.1) is 39.6 Å². The van der Waals surface area contributed by atoms with Crippen molar-refractivity contribution in [2.45, 2.75) is 116 Å². The maximum Gasteiger partial charge on any atom is 0.255 e. The summed E-state index contributed by atoms with van der Waals surface area (Å²) in [4.78, 5) is 21.8. The third-order valence-corrected chi connectivity index (χ3v) is 15.6. The largest absolute Gasteiger partial charge is 0.394 e. The average Bonchev–Trinajstić information content (AvgIpc) is 3.35.